The Balaban J connectivity index is 2.02. The predicted octanol–water partition coefficient (Wildman–Crippen LogP) is 2.30. The number of anilines is 2. The molecule has 0 fully saturated rings. The maximum Gasteiger partial charge on any atom is 0.346 e. The van der Waals surface area contributed by atoms with Crippen LogP contribution in [0.5, 0.6) is 0 Å². The number of nitrogens with zero attached hydrogens (tertiary/aromatic N) is 1. The first-order valence-corrected chi connectivity index (χ1v) is 6.23. The van der Waals surface area contributed by atoms with E-state index in [4.69, 9.17) is 5.73 Å². The Morgan fingerprint density at radius 1 is 0.950 bits per heavy atom. The number of nitrogen functional groups attached to an aromatic ring is 1. The van der Waals surface area contributed by atoms with Crippen LogP contribution in [0, 0.1) is 0 Å². The molecule has 1 aromatic heterocycles. The maximum atomic E-state index is 12.0. The number of aromatic amines is 1. The van der Waals surface area contributed by atoms with Gasteiger partial charge in [0.25, 0.3) is 0 Å². The summed E-state index contributed by atoms with van der Waals surface area (Å²) in [5, 5.41) is 0. The van der Waals surface area contributed by atoms with Gasteiger partial charge >= 0.3 is 5.69 Å². The van der Waals surface area contributed by atoms with Gasteiger partial charge in [-0.2, -0.15) is 4.68 Å². The summed E-state index contributed by atoms with van der Waals surface area (Å²) in [7, 11) is 0. The molecule has 20 heavy (non-hydrogen) atoms. The van der Waals surface area contributed by atoms with Gasteiger partial charge in [-0.25, -0.2) is 4.79 Å². The zero-order valence-corrected chi connectivity index (χ0v) is 10.7. The zero-order valence-electron chi connectivity index (χ0n) is 10.7. The highest BCUT2D eigenvalue weighted by Crippen LogP contribution is 2.22. The minimum absolute atomic E-state index is 0.301. The van der Waals surface area contributed by atoms with E-state index < -0.39 is 0 Å². The van der Waals surface area contributed by atoms with Gasteiger partial charge in [-0.15, -0.1) is 0 Å². The topological polar surface area (TPSA) is 75.8 Å². The lowest BCUT2D eigenvalue weighted by atomic mass is 10.1. The molecule has 0 saturated heterocycles. The highest BCUT2D eigenvalue weighted by molar-refractivity contribution is 5.70. The molecule has 0 bridgehead atoms. The second-order valence-corrected chi connectivity index (χ2v) is 4.37. The van der Waals surface area contributed by atoms with Crippen molar-refractivity contribution in [2.75, 3.05) is 11.2 Å². The molecule has 0 amide bonds. The molecule has 0 unspecified atom stereocenters. The van der Waals surface area contributed by atoms with E-state index in [1.807, 2.05) is 60.7 Å². The molecule has 0 aliphatic rings. The van der Waals surface area contributed by atoms with Gasteiger partial charge in [0.05, 0.1) is 11.4 Å². The number of aromatic nitrogens is 2. The second kappa shape index (κ2) is 4.97. The Morgan fingerprint density at radius 2 is 1.55 bits per heavy atom. The Morgan fingerprint density at radius 3 is 2.20 bits per heavy atom. The van der Waals surface area contributed by atoms with Crippen LogP contribution in [0.15, 0.2) is 65.5 Å². The summed E-state index contributed by atoms with van der Waals surface area (Å²) in [6.07, 6.45) is 0. The molecule has 3 aromatic rings. The number of benzene rings is 2. The third-order valence-corrected chi connectivity index (χ3v) is 3.01. The van der Waals surface area contributed by atoms with Crippen LogP contribution in [0.25, 0.3) is 11.3 Å². The van der Waals surface area contributed by atoms with Crippen LogP contribution in [-0.4, -0.2) is 9.66 Å². The molecule has 1 heterocycles. The fourth-order valence-electron chi connectivity index (χ4n) is 2.03. The molecular formula is C15H14N4O. The van der Waals surface area contributed by atoms with Gasteiger partial charge in [-0.3, -0.25) is 5.43 Å². The predicted molar refractivity (Wildman–Crippen MR) is 80.4 cm³/mol. The van der Waals surface area contributed by atoms with Crippen molar-refractivity contribution in [2.45, 2.75) is 0 Å². The van der Waals surface area contributed by atoms with Crippen molar-refractivity contribution in [3.05, 3.63) is 71.1 Å². The lowest BCUT2D eigenvalue weighted by Gasteiger charge is -2.08. The number of hydrogen-bond acceptors (Lipinski definition) is 3. The maximum absolute atomic E-state index is 12.0. The van der Waals surface area contributed by atoms with Crippen molar-refractivity contribution < 1.29 is 0 Å². The number of nitrogens with one attached hydrogen (secondary N) is 2. The molecule has 0 spiro atoms. The lowest BCUT2D eigenvalue weighted by molar-refractivity contribution is 0.910. The van der Waals surface area contributed by atoms with Gasteiger partial charge in [-0.1, -0.05) is 48.5 Å². The van der Waals surface area contributed by atoms with Crippen LogP contribution in [0.4, 0.5) is 11.5 Å². The largest absolute Gasteiger partial charge is 0.382 e. The normalized spacial score (nSPS) is 10.4. The zero-order chi connectivity index (χ0) is 13.9. The average molecular weight is 266 g/mol. The van der Waals surface area contributed by atoms with Crippen LogP contribution in [0.2, 0.25) is 0 Å². The van der Waals surface area contributed by atoms with E-state index >= 15 is 0 Å². The highest BCUT2D eigenvalue weighted by atomic mass is 16.2. The van der Waals surface area contributed by atoms with E-state index in [2.05, 4.69) is 10.4 Å². The Bertz CT molecular complexity index is 760. The van der Waals surface area contributed by atoms with Gasteiger partial charge in [-0.05, 0) is 12.1 Å². The lowest BCUT2D eigenvalue weighted by Crippen LogP contribution is -2.25. The minimum atomic E-state index is -0.301. The highest BCUT2D eigenvalue weighted by Gasteiger charge is 2.12. The molecule has 5 nitrogen and oxygen atoms in total. The molecule has 4 N–H and O–H groups in total. The second-order valence-electron chi connectivity index (χ2n) is 4.37. The Kier molecular flexibility index (Phi) is 3.01. The Labute approximate surface area is 115 Å². The average Bonchev–Trinajstić information content (AvgIpc) is 2.77. The summed E-state index contributed by atoms with van der Waals surface area (Å²) in [6, 6.07) is 18.9. The van der Waals surface area contributed by atoms with E-state index in [-0.39, 0.29) is 5.69 Å². The van der Waals surface area contributed by atoms with Crippen LogP contribution >= 0.6 is 0 Å². The van der Waals surface area contributed by atoms with Crippen molar-refractivity contribution in [3.8, 4) is 11.3 Å². The quantitative estimate of drug-likeness (QED) is 0.681. The van der Waals surface area contributed by atoms with Crippen LogP contribution in [0.1, 0.15) is 0 Å². The molecule has 0 radical (unpaired) electrons. The SMILES string of the molecule is Nc1c(-c2ccccc2)[nH]c(=O)n1Nc1ccccc1. The van der Waals surface area contributed by atoms with E-state index in [0.717, 1.165) is 11.3 Å². The molecule has 100 valence electrons. The molecule has 5 heteroatoms. The number of hydrogen-bond donors (Lipinski definition) is 3. The van der Waals surface area contributed by atoms with Crippen molar-refractivity contribution in [2.24, 2.45) is 0 Å². The van der Waals surface area contributed by atoms with Crippen molar-refractivity contribution in [3.63, 3.8) is 0 Å². The van der Waals surface area contributed by atoms with Gasteiger partial charge in [0.15, 0.2) is 5.82 Å². The minimum Gasteiger partial charge on any atom is -0.382 e. The molecule has 0 aliphatic carbocycles. The summed E-state index contributed by atoms with van der Waals surface area (Å²) in [4.78, 5) is 14.8. The first kappa shape index (κ1) is 12.1. The van der Waals surface area contributed by atoms with Crippen molar-refractivity contribution in [1.29, 1.82) is 0 Å². The van der Waals surface area contributed by atoms with Crippen LogP contribution < -0.4 is 16.8 Å². The molecule has 2 aromatic carbocycles. The molecular weight excluding hydrogens is 252 g/mol. The van der Waals surface area contributed by atoms with Crippen LogP contribution in [-0.2, 0) is 0 Å². The van der Waals surface area contributed by atoms with Gasteiger partial charge < -0.3 is 10.7 Å². The van der Waals surface area contributed by atoms with Gasteiger partial charge in [0.1, 0.15) is 0 Å². The number of H-pyrrole nitrogens is 1. The third-order valence-electron chi connectivity index (χ3n) is 3.01. The van der Waals surface area contributed by atoms with Crippen molar-refractivity contribution in [1.82, 2.24) is 9.66 Å². The smallest absolute Gasteiger partial charge is 0.346 e. The van der Waals surface area contributed by atoms with Crippen molar-refractivity contribution >= 4 is 11.5 Å². The monoisotopic (exact) mass is 266 g/mol. The summed E-state index contributed by atoms with van der Waals surface area (Å²) in [5.41, 5.74) is 11.0. The number of imidazole rings is 1. The van der Waals surface area contributed by atoms with Gasteiger partial charge in [0.2, 0.25) is 0 Å². The van der Waals surface area contributed by atoms with Crippen LogP contribution in [0.3, 0.4) is 0 Å². The summed E-state index contributed by atoms with van der Waals surface area (Å²) < 4.78 is 1.30. The standard InChI is InChI=1S/C15H14N4O/c16-14-13(11-7-3-1-4-8-11)17-15(20)19(14)18-12-9-5-2-6-10-12/h1-10,18H,16H2,(H,17,20). The number of para-hydroxylation sites is 1. The fraction of sp³-hybridized carbons (Fsp3) is 0. The van der Waals surface area contributed by atoms with E-state index in [0.29, 0.717) is 11.5 Å². The number of nitrogens with two attached hydrogens (primary N) is 1. The number of rotatable bonds is 3. The third kappa shape index (κ3) is 2.16. The van der Waals surface area contributed by atoms with E-state index in [1.54, 1.807) is 0 Å². The van der Waals surface area contributed by atoms with E-state index in [9.17, 15) is 4.79 Å². The summed E-state index contributed by atoms with van der Waals surface area (Å²) in [5.74, 6) is 0.352. The van der Waals surface area contributed by atoms with E-state index in [1.165, 1.54) is 4.68 Å². The molecule has 3 rings (SSSR count). The first-order valence-electron chi connectivity index (χ1n) is 6.23. The molecule has 0 atom stereocenters. The molecule has 0 saturated carbocycles. The fourth-order valence-corrected chi connectivity index (χ4v) is 2.03. The summed E-state index contributed by atoms with van der Waals surface area (Å²) in [6.45, 7) is 0. The Hall–Kier alpha value is -2.95. The summed E-state index contributed by atoms with van der Waals surface area (Å²) >= 11 is 0. The first-order chi connectivity index (χ1) is 9.75. The molecule has 0 aliphatic heterocycles. The van der Waals surface area contributed by atoms with Gasteiger partial charge in [0, 0.05) is 5.56 Å².